The molecule has 1 atom stereocenters. The van der Waals surface area contributed by atoms with Crippen LogP contribution in [0.2, 0.25) is 0 Å². The van der Waals surface area contributed by atoms with Gasteiger partial charge in [0, 0.05) is 46.8 Å². The summed E-state index contributed by atoms with van der Waals surface area (Å²) in [6, 6.07) is 4.71. The molecule has 2 heterocycles. The summed E-state index contributed by atoms with van der Waals surface area (Å²) in [5.41, 5.74) is 2.38. The number of nitrogens with one attached hydrogen (secondary N) is 1. The summed E-state index contributed by atoms with van der Waals surface area (Å²) in [5.74, 6) is -1.26. The van der Waals surface area contributed by atoms with Gasteiger partial charge in [0.15, 0.2) is 0 Å². The van der Waals surface area contributed by atoms with E-state index in [1.807, 2.05) is 0 Å². The van der Waals surface area contributed by atoms with Gasteiger partial charge >= 0.3 is 0 Å². The Balaban J connectivity index is 1.75. The van der Waals surface area contributed by atoms with E-state index in [4.69, 9.17) is 5.21 Å². The summed E-state index contributed by atoms with van der Waals surface area (Å²) in [7, 11) is -5.28. The van der Waals surface area contributed by atoms with Crippen LogP contribution in [0.5, 0.6) is 0 Å². The molecule has 0 aliphatic carbocycles. The molecule has 0 aromatic heterocycles. The number of halogens is 1. The zero-order valence-corrected chi connectivity index (χ0v) is 19.5. The van der Waals surface area contributed by atoms with Gasteiger partial charge in [0.05, 0.1) is 0 Å². The Morgan fingerprint density at radius 2 is 1.62 bits per heavy atom. The number of piperazine rings is 1. The smallest absolute Gasteiger partial charge is 0.282 e. The van der Waals surface area contributed by atoms with Crippen molar-refractivity contribution in [1.82, 2.24) is 22.7 Å². The van der Waals surface area contributed by atoms with Crippen LogP contribution in [0.1, 0.15) is 24.3 Å². The standard InChI is InChI=1S/C18H28FN5O6S2/c1-21(2)31(27,28)23-11-12-24(17(13-23)18(25)20-26)32(29,30)22-9-7-15(8-10-22)14-3-5-16(19)6-4-14/h3-6,15,17,26H,7-13H2,1-2H3,(H,20,25)/t17-/m1/s1. The number of piperidine rings is 1. The number of rotatable bonds is 6. The molecule has 1 amide bonds. The third-order valence-corrected chi connectivity index (χ3v) is 9.87. The van der Waals surface area contributed by atoms with Crippen molar-refractivity contribution in [3.63, 3.8) is 0 Å². The molecule has 3 rings (SSSR count). The van der Waals surface area contributed by atoms with E-state index in [-0.39, 0.29) is 37.9 Å². The van der Waals surface area contributed by atoms with E-state index in [9.17, 15) is 26.0 Å². The van der Waals surface area contributed by atoms with Gasteiger partial charge in [-0.05, 0) is 36.5 Å². The monoisotopic (exact) mass is 493 g/mol. The van der Waals surface area contributed by atoms with Gasteiger partial charge in [-0.3, -0.25) is 10.0 Å². The van der Waals surface area contributed by atoms with Crippen molar-refractivity contribution < 1.29 is 31.2 Å². The first-order valence-corrected chi connectivity index (χ1v) is 12.9. The van der Waals surface area contributed by atoms with Crippen molar-refractivity contribution in [2.75, 3.05) is 46.8 Å². The average molecular weight is 494 g/mol. The van der Waals surface area contributed by atoms with E-state index in [0.717, 1.165) is 18.5 Å². The zero-order valence-electron chi connectivity index (χ0n) is 17.9. The summed E-state index contributed by atoms with van der Waals surface area (Å²) < 4.78 is 68.9. The number of amides is 1. The van der Waals surface area contributed by atoms with Crippen LogP contribution in [0.3, 0.4) is 0 Å². The molecule has 1 aromatic carbocycles. The Hall–Kier alpha value is -1.68. The highest BCUT2D eigenvalue weighted by molar-refractivity contribution is 7.87. The van der Waals surface area contributed by atoms with Crippen molar-refractivity contribution in [2.24, 2.45) is 0 Å². The van der Waals surface area contributed by atoms with Gasteiger partial charge in [-0.25, -0.2) is 9.87 Å². The Labute approximate surface area is 187 Å². The molecule has 0 bridgehead atoms. The van der Waals surface area contributed by atoms with E-state index in [2.05, 4.69) is 0 Å². The minimum absolute atomic E-state index is 0.0840. The van der Waals surface area contributed by atoms with Gasteiger partial charge in [-0.1, -0.05) is 12.1 Å². The summed E-state index contributed by atoms with van der Waals surface area (Å²) >= 11 is 0. The fourth-order valence-electron chi connectivity index (χ4n) is 4.05. The van der Waals surface area contributed by atoms with Crippen LogP contribution < -0.4 is 5.48 Å². The van der Waals surface area contributed by atoms with Crippen molar-refractivity contribution in [1.29, 1.82) is 0 Å². The molecule has 0 spiro atoms. The molecule has 11 nitrogen and oxygen atoms in total. The molecule has 2 aliphatic heterocycles. The highest BCUT2D eigenvalue weighted by Gasteiger charge is 2.45. The maximum absolute atomic E-state index is 13.3. The minimum Gasteiger partial charge on any atom is -0.289 e. The van der Waals surface area contributed by atoms with E-state index in [1.165, 1.54) is 36.0 Å². The molecule has 0 radical (unpaired) electrons. The Morgan fingerprint density at radius 1 is 1.03 bits per heavy atom. The first-order chi connectivity index (χ1) is 15.0. The number of hydroxylamine groups is 1. The highest BCUT2D eigenvalue weighted by atomic mass is 32.2. The van der Waals surface area contributed by atoms with Crippen LogP contribution in [-0.4, -0.2) is 98.0 Å². The van der Waals surface area contributed by atoms with E-state index >= 15 is 0 Å². The Morgan fingerprint density at radius 3 is 2.16 bits per heavy atom. The molecule has 0 unspecified atom stereocenters. The molecule has 2 fully saturated rings. The molecule has 2 N–H and O–H groups in total. The first-order valence-electron chi connectivity index (χ1n) is 10.1. The maximum atomic E-state index is 13.3. The second-order valence-corrected chi connectivity index (χ2v) is 12.0. The number of hydrogen-bond acceptors (Lipinski definition) is 6. The predicted octanol–water partition coefficient (Wildman–Crippen LogP) is -0.452. The van der Waals surface area contributed by atoms with E-state index < -0.39 is 38.9 Å². The molecule has 180 valence electrons. The molecule has 32 heavy (non-hydrogen) atoms. The van der Waals surface area contributed by atoms with Gasteiger partial charge < -0.3 is 0 Å². The summed E-state index contributed by atoms with van der Waals surface area (Å²) in [4.78, 5) is 12.3. The molecule has 0 saturated carbocycles. The second kappa shape index (κ2) is 9.67. The van der Waals surface area contributed by atoms with Crippen molar-refractivity contribution in [2.45, 2.75) is 24.8 Å². The Kier molecular flexibility index (Phi) is 7.54. The molecular formula is C18H28FN5O6S2. The van der Waals surface area contributed by atoms with Crippen LogP contribution in [0.25, 0.3) is 0 Å². The molecule has 1 aromatic rings. The molecule has 14 heteroatoms. The zero-order chi connectivity index (χ0) is 23.7. The van der Waals surface area contributed by atoms with Gasteiger partial charge in [0.2, 0.25) is 0 Å². The minimum atomic E-state index is -4.09. The molecule has 2 saturated heterocycles. The highest BCUT2D eigenvalue weighted by Crippen LogP contribution is 2.31. The molecule has 2 aliphatic rings. The lowest BCUT2D eigenvalue weighted by molar-refractivity contribution is -0.134. The third-order valence-electron chi connectivity index (χ3n) is 5.91. The maximum Gasteiger partial charge on any atom is 0.282 e. The third kappa shape index (κ3) is 4.95. The average Bonchev–Trinajstić information content (AvgIpc) is 2.78. The van der Waals surface area contributed by atoms with E-state index in [1.54, 1.807) is 12.1 Å². The topological polar surface area (TPSA) is 131 Å². The van der Waals surface area contributed by atoms with Crippen molar-refractivity contribution in [3.05, 3.63) is 35.6 Å². The van der Waals surface area contributed by atoms with Crippen LogP contribution in [-0.2, 0) is 25.2 Å². The van der Waals surface area contributed by atoms with Crippen molar-refractivity contribution >= 4 is 26.3 Å². The second-order valence-electron chi connectivity index (χ2n) is 7.98. The Bertz CT molecular complexity index is 1030. The lowest BCUT2D eigenvalue weighted by atomic mass is 9.90. The molecular weight excluding hydrogens is 465 g/mol. The first kappa shape index (κ1) is 25.0. The quantitative estimate of drug-likeness (QED) is 0.408. The normalized spacial score (nSPS) is 22.8. The number of benzene rings is 1. The van der Waals surface area contributed by atoms with Crippen LogP contribution >= 0.6 is 0 Å². The predicted molar refractivity (Wildman–Crippen MR) is 113 cm³/mol. The van der Waals surface area contributed by atoms with Gasteiger partial charge in [0.25, 0.3) is 26.3 Å². The van der Waals surface area contributed by atoms with Crippen LogP contribution in [0.4, 0.5) is 4.39 Å². The van der Waals surface area contributed by atoms with Gasteiger partial charge in [-0.15, -0.1) is 0 Å². The van der Waals surface area contributed by atoms with Crippen molar-refractivity contribution in [3.8, 4) is 0 Å². The fourth-order valence-corrected chi connectivity index (χ4v) is 6.92. The van der Waals surface area contributed by atoms with Crippen LogP contribution in [0, 0.1) is 5.82 Å². The SMILES string of the molecule is CN(C)S(=O)(=O)N1CCN(S(=O)(=O)N2CCC(c3ccc(F)cc3)CC2)[C@@H](C(=O)NO)C1. The number of carbonyl (C=O) groups excluding carboxylic acids is 1. The lowest BCUT2D eigenvalue weighted by Crippen LogP contribution is -2.64. The summed E-state index contributed by atoms with van der Waals surface area (Å²) in [5, 5.41) is 9.12. The summed E-state index contributed by atoms with van der Waals surface area (Å²) in [6.07, 6.45) is 1.05. The van der Waals surface area contributed by atoms with Crippen LogP contribution in [0.15, 0.2) is 24.3 Å². The van der Waals surface area contributed by atoms with E-state index in [0.29, 0.717) is 12.8 Å². The number of hydrogen-bond donors (Lipinski definition) is 2. The fraction of sp³-hybridized carbons (Fsp3) is 0.611. The van der Waals surface area contributed by atoms with Gasteiger partial charge in [0.1, 0.15) is 11.9 Å². The largest absolute Gasteiger partial charge is 0.289 e. The van der Waals surface area contributed by atoms with Gasteiger partial charge in [-0.2, -0.15) is 34.1 Å². The number of nitrogens with zero attached hydrogens (tertiary/aromatic N) is 4. The summed E-state index contributed by atoms with van der Waals surface area (Å²) in [6.45, 7) is -0.368. The number of carbonyl (C=O) groups is 1. The lowest BCUT2D eigenvalue weighted by Gasteiger charge is -2.42.